The molecule has 0 fully saturated rings. The van der Waals surface area contributed by atoms with Crippen LogP contribution in [-0.4, -0.2) is 9.97 Å². The van der Waals surface area contributed by atoms with E-state index in [1.165, 1.54) is 6.26 Å². The van der Waals surface area contributed by atoms with Gasteiger partial charge in [-0.25, -0.2) is 9.97 Å². The number of fused-ring (bicyclic) bond motifs is 1. The fraction of sp³-hybridized carbons (Fsp3) is 0.105. The molecule has 3 heterocycles. The lowest BCUT2D eigenvalue weighted by Gasteiger charge is -2.09. The molecule has 6 heteroatoms. The Bertz CT molecular complexity index is 1090. The molecule has 0 aliphatic heterocycles. The van der Waals surface area contributed by atoms with E-state index < -0.39 is 0 Å². The normalized spacial score (nSPS) is 11.0. The van der Waals surface area contributed by atoms with E-state index in [0.717, 1.165) is 11.4 Å². The summed E-state index contributed by atoms with van der Waals surface area (Å²) in [6, 6.07) is 12.3. The third-order valence-corrected chi connectivity index (χ3v) is 3.66. The Kier molecular flexibility index (Phi) is 3.57. The van der Waals surface area contributed by atoms with Crippen molar-refractivity contribution in [3.63, 3.8) is 0 Å². The molecule has 0 amide bonds. The van der Waals surface area contributed by atoms with Gasteiger partial charge in [-0.1, -0.05) is 12.1 Å². The molecule has 1 aromatic carbocycles. The maximum atomic E-state index is 12.9. The van der Waals surface area contributed by atoms with Crippen molar-refractivity contribution >= 4 is 11.0 Å². The Morgan fingerprint density at radius 1 is 1.00 bits per heavy atom. The second kappa shape index (κ2) is 5.90. The molecule has 0 radical (unpaired) electrons. The first-order valence-electron chi connectivity index (χ1n) is 7.71. The van der Waals surface area contributed by atoms with Gasteiger partial charge in [0.15, 0.2) is 5.76 Å². The zero-order valence-corrected chi connectivity index (χ0v) is 13.6. The summed E-state index contributed by atoms with van der Waals surface area (Å²) in [5, 5.41) is 0.414. The van der Waals surface area contributed by atoms with Crippen LogP contribution in [0.4, 0.5) is 0 Å². The van der Waals surface area contributed by atoms with Gasteiger partial charge in [-0.15, -0.1) is 0 Å². The predicted octanol–water partition coefficient (Wildman–Crippen LogP) is 4.25. The van der Waals surface area contributed by atoms with Crippen molar-refractivity contribution in [3.05, 3.63) is 70.3 Å². The summed E-state index contributed by atoms with van der Waals surface area (Å²) < 4.78 is 17.0. The van der Waals surface area contributed by atoms with Crippen LogP contribution in [0.15, 0.2) is 62.4 Å². The zero-order valence-electron chi connectivity index (χ0n) is 13.6. The van der Waals surface area contributed by atoms with E-state index in [2.05, 4.69) is 9.97 Å². The van der Waals surface area contributed by atoms with Gasteiger partial charge in [-0.2, -0.15) is 0 Å². The molecule has 0 N–H and O–H groups in total. The number of furan rings is 1. The van der Waals surface area contributed by atoms with Gasteiger partial charge >= 0.3 is 6.01 Å². The Labute approximate surface area is 142 Å². The van der Waals surface area contributed by atoms with Crippen molar-refractivity contribution in [1.29, 1.82) is 0 Å². The van der Waals surface area contributed by atoms with Crippen LogP contribution in [0.5, 0.6) is 11.8 Å². The topological polar surface area (TPSA) is 78.4 Å². The lowest BCUT2D eigenvalue weighted by Crippen LogP contribution is -2.09. The average Bonchev–Trinajstić information content (AvgIpc) is 3.11. The number of rotatable bonds is 3. The van der Waals surface area contributed by atoms with Gasteiger partial charge in [0.2, 0.25) is 16.9 Å². The molecular weight excluding hydrogens is 320 g/mol. The Hall–Kier alpha value is -3.41. The number of para-hydroxylation sites is 1. The van der Waals surface area contributed by atoms with Crippen molar-refractivity contribution in [1.82, 2.24) is 9.97 Å². The maximum absolute atomic E-state index is 12.9. The van der Waals surface area contributed by atoms with Gasteiger partial charge < -0.3 is 13.6 Å². The first-order chi connectivity index (χ1) is 12.1. The van der Waals surface area contributed by atoms with Crippen molar-refractivity contribution in [2.75, 3.05) is 0 Å². The number of hydrogen-bond acceptors (Lipinski definition) is 6. The molecule has 0 saturated heterocycles. The molecule has 124 valence electrons. The van der Waals surface area contributed by atoms with Gasteiger partial charge in [0.25, 0.3) is 0 Å². The van der Waals surface area contributed by atoms with E-state index in [-0.39, 0.29) is 22.9 Å². The van der Waals surface area contributed by atoms with Gasteiger partial charge in [-0.3, -0.25) is 4.79 Å². The molecule has 4 rings (SSSR count). The Morgan fingerprint density at radius 3 is 2.48 bits per heavy atom. The summed E-state index contributed by atoms with van der Waals surface area (Å²) >= 11 is 0. The molecule has 0 atom stereocenters. The van der Waals surface area contributed by atoms with E-state index in [1.54, 1.807) is 36.4 Å². The fourth-order valence-corrected chi connectivity index (χ4v) is 2.62. The van der Waals surface area contributed by atoms with Crippen LogP contribution in [0.3, 0.4) is 0 Å². The van der Waals surface area contributed by atoms with Crippen LogP contribution in [0.25, 0.3) is 22.5 Å². The third kappa shape index (κ3) is 2.78. The molecule has 0 aliphatic rings. The molecule has 4 aromatic rings. The summed E-state index contributed by atoms with van der Waals surface area (Å²) in [5.74, 6) is 0.595. The number of aromatic nitrogens is 2. The molecule has 3 aromatic heterocycles. The van der Waals surface area contributed by atoms with Crippen molar-refractivity contribution < 1.29 is 13.6 Å². The highest BCUT2D eigenvalue weighted by Gasteiger charge is 2.21. The minimum absolute atomic E-state index is 0.00125. The van der Waals surface area contributed by atoms with E-state index in [0.29, 0.717) is 16.7 Å². The molecular formula is C19H14N2O4. The molecule has 0 aliphatic carbocycles. The first-order valence-corrected chi connectivity index (χ1v) is 7.71. The largest absolute Gasteiger partial charge is 0.461 e. The van der Waals surface area contributed by atoms with Crippen molar-refractivity contribution in [2.24, 2.45) is 0 Å². The highest BCUT2D eigenvalue weighted by Crippen LogP contribution is 2.33. The van der Waals surface area contributed by atoms with Crippen LogP contribution < -0.4 is 10.2 Å². The van der Waals surface area contributed by atoms with E-state index in [9.17, 15) is 4.79 Å². The molecule has 0 saturated carbocycles. The quantitative estimate of drug-likeness (QED) is 0.557. The van der Waals surface area contributed by atoms with Gasteiger partial charge in [0, 0.05) is 11.4 Å². The number of ether oxygens (including phenoxy) is 1. The summed E-state index contributed by atoms with van der Waals surface area (Å²) in [6.07, 6.45) is 1.50. The third-order valence-electron chi connectivity index (χ3n) is 3.66. The van der Waals surface area contributed by atoms with E-state index in [1.807, 2.05) is 19.9 Å². The number of hydrogen-bond donors (Lipinski definition) is 0. The molecule has 0 bridgehead atoms. The number of benzene rings is 1. The fourth-order valence-electron chi connectivity index (χ4n) is 2.62. The van der Waals surface area contributed by atoms with Gasteiger partial charge in [0.05, 0.1) is 11.6 Å². The van der Waals surface area contributed by atoms with Gasteiger partial charge in [-0.05, 0) is 44.2 Å². The summed E-state index contributed by atoms with van der Waals surface area (Å²) in [4.78, 5) is 21.4. The molecule has 0 spiro atoms. The van der Waals surface area contributed by atoms with Crippen LogP contribution in [0.2, 0.25) is 0 Å². The smallest absolute Gasteiger partial charge is 0.322 e. The lowest BCUT2D eigenvalue weighted by molar-refractivity contribution is 0.416. The standard InChI is InChI=1S/C19H14N2O4/c1-11-10-12(2)21-19(20-11)25-18-16(22)13-6-3-4-7-14(13)24-17(18)15-8-5-9-23-15/h3-10H,1-2H3. The first kappa shape index (κ1) is 15.1. The van der Waals surface area contributed by atoms with E-state index >= 15 is 0 Å². The summed E-state index contributed by atoms with van der Waals surface area (Å²) in [7, 11) is 0. The molecule has 6 nitrogen and oxygen atoms in total. The van der Waals surface area contributed by atoms with Crippen molar-refractivity contribution in [2.45, 2.75) is 13.8 Å². The molecule has 0 unspecified atom stereocenters. The lowest BCUT2D eigenvalue weighted by atomic mass is 10.2. The average molecular weight is 334 g/mol. The second-order valence-electron chi connectivity index (χ2n) is 5.60. The molecule has 25 heavy (non-hydrogen) atoms. The maximum Gasteiger partial charge on any atom is 0.322 e. The monoisotopic (exact) mass is 334 g/mol. The summed E-state index contributed by atoms with van der Waals surface area (Å²) in [6.45, 7) is 3.66. The Morgan fingerprint density at radius 2 is 1.76 bits per heavy atom. The predicted molar refractivity (Wildman–Crippen MR) is 91.8 cm³/mol. The SMILES string of the molecule is Cc1cc(C)nc(Oc2c(-c3ccco3)oc3ccccc3c2=O)n1. The summed E-state index contributed by atoms with van der Waals surface area (Å²) in [5.41, 5.74) is 1.63. The van der Waals surface area contributed by atoms with Crippen molar-refractivity contribution in [3.8, 4) is 23.3 Å². The van der Waals surface area contributed by atoms with Crippen LogP contribution in [0.1, 0.15) is 11.4 Å². The van der Waals surface area contributed by atoms with Crippen LogP contribution >= 0.6 is 0 Å². The van der Waals surface area contributed by atoms with Gasteiger partial charge in [0.1, 0.15) is 5.58 Å². The number of aryl methyl sites for hydroxylation is 2. The van der Waals surface area contributed by atoms with Crippen LogP contribution in [-0.2, 0) is 0 Å². The van der Waals surface area contributed by atoms with Crippen LogP contribution in [0, 0.1) is 13.8 Å². The zero-order chi connectivity index (χ0) is 17.4. The Balaban J connectivity index is 1.96. The highest BCUT2D eigenvalue weighted by atomic mass is 16.5. The minimum atomic E-state index is -0.309. The highest BCUT2D eigenvalue weighted by molar-refractivity contribution is 5.81. The second-order valence-corrected chi connectivity index (χ2v) is 5.60. The number of nitrogens with zero attached hydrogens (tertiary/aromatic N) is 2. The van der Waals surface area contributed by atoms with E-state index in [4.69, 9.17) is 13.6 Å². The minimum Gasteiger partial charge on any atom is -0.461 e.